The molecule has 6 aliphatic carbocycles. The molecule has 7 aromatic carbocycles. The molecular weight excluding hydrogens is 1970 g/mol. The summed E-state index contributed by atoms with van der Waals surface area (Å²) in [7, 11) is 11.7. The van der Waals surface area contributed by atoms with Crippen LogP contribution in [0.25, 0.3) is 0 Å². The topological polar surface area (TPSA) is 460 Å². The number of aromatic nitrogens is 8. The number of nitrogens with two attached hydrogens (primary N) is 3. The zero-order valence-electron chi connectivity index (χ0n) is 87.6. The summed E-state index contributed by atoms with van der Waals surface area (Å²) in [5.74, 6) is 9.93. The van der Waals surface area contributed by atoms with E-state index in [9.17, 15) is 28.8 Å². The molecule has 13 N–H and O–H groups in total. The number of aryl methyl sites for hydroxylation is 4. The van der Waals surface area contributed by atoms with Gasteiger partial charge >= 0.3 is 51.4 Å². The van der Waals surface area contributed by atoms with Crippen LogP contribution in [0, 0.1) is 67.2 Å². The van der Waals surface area contributed by atoms with Gasteiger partial charge in [0.1, 0.15) is 112 Å². The van der Waals surface area contributed by atoms with Crippen LogP contribution >= 0.6 is 15.9 Å². The molecule has 10 aliphatic rings. The first kappa shape index (κ1) is 109. The Hall–Kier alpha value is -12.8. The zero-order chi connectivity index (χ0) is 103. The van der Waals surface area contributed by atoms with Crippen LogP contribution in [0.3, 0.4) is 0 Å². The Labute approximate surface area is 915 Å². The van der Waals surface area contributed by atoms with E-state index in [1.807, 2.05) is 146 Å². The molecule has 0 atom stereocenters. The second-order valence-corrected chi connectivity index (χ2v) is 40.8. The van der Waals surface area contributed by atoms with E-state index in [0.29, 0.717) is 83.4 Å². The largest absolute Gasteiger partial charge is 1.00 e. The minimum Gasteiger partial charge on any atom is -0.870 e. The summed E-state index contributed by atoms with van der Waals surface area (Å²) in [6.07, 6.45) is 30.3. The van der Waals surface area contributed by atoms with Gasteiger partial charge in [0, 0.05) is 76.0 Å². The zero-order valence-corrected chi connectivity index (χ0v) is 92.3. The third-order valence-electron chi connectivity index (χ3n) is 30.9. The number of carbonyl (C=O) groups excluding carboxylic acids is 6. The van der Waals surface area contributed by atoms with Crippen molar-refractivity contribution in [3.05, 3.63) is 233 Å². The number of methoxy groups -OCH3 is 7. The molecule has 774 valence electrons. The maximum absolute atomic E-state index is 14.2. The summed E-state index contributed by atoms with van der Waals surface area (Å²) < 4.78 is 40.7. The molecule has 4 aliphatic heterocycles. The summed E-state index contributed by atoms with van der Waals surface area (Å²) in [5, 5.41) is 19.2. The SMILES string of the molecule is COc1c(Nc2ncnc(N)c2C)cc(C)c2c1C1(CCCCC1)NC2=O.COc1ccc(CN2C(=O)c3c(C)cc(Br)c(OC)c3C23CCCCC3)cc1.COc1ccc(CN2C(=O)c3c(C)cc(Nc4ncnc(N)c4C)c(OC)c3C23CCCCC3)cc1.COc1ccc(CN2C(=O)c3c(C)cc(Nc4ncnc(NC(=O)C5CC5)c4C)c(OC)c3C23CCCCC3)cc1.Cc1c(N)ncnc1NC(=O)C1CC1.[K+].[OH-]. The number of benzene rings is 7. The second-order valence-electron chi connectivity index (χ2n) is 39.9. The van der Waals surface area contributed by atoms with Gasteiger partial charge in [0.15, 0.2) is 0 Å². The fourth-order valence-corrected chi connectivity index (χ4v) is 23.5. The third-order valence-corrected chi connectivity index (χ3v) is 31.5. The summed E-state index contributed by atoms with van der Waals surface area (Å²) in [6, 6.07) is 31.8. The first-order valence-corrected chi connectivity index (χ1v) is 51.4. The molecule has 6 saturated carbocycles. The van der Waals surface area contributed by atoms with Gasteiger partial charge in [-0.1, -0.05) is 113 Å². The Morgan fingerprint density at radius 1 is 0.365 bits per heavy atom. The first-order chi connectivity index (χ1) is 70.4. The van der Waals surface area contributed by atoms with Gasteiger partial charge in [0.05, 0.1) is 116 Å². The average molecular weight is 2100 g/mol. The molecule has 8 heterocycles. The van der Waals surface area contributed by atoms with E-state index in [0.717, 1.165) is 285 Å². The van der Waals surface area contributed by atoms with E-state index in [-0.39, 0.29) is 115 Å². The molecule has 148 heavy (non-hydrogen) atoms. The van der Waals surface area contributed by atoms with Crippen LogP contribution in [0.4, 0.5) is 63.6 Å². The van der Waals surface area contributed by atoms with Crippen molar-refractivity contribution < 1.29 is 119 Å². The van der Waals surface area contributed by atoms with Crippen LogP contribution in [-0.2, 0) is 51.4 Å². The normalized spacial score (nSPS) is 16.7. The van der Waals surface area contributed by atoms with Gasteiger partial charge in [0.25, 0.3) is 23.6 Å². The van der Waals surface area contributed by atoms with Crippen molar-refractivity contribution in [1.82, 2.24) is 59.9 Å². The van der Waals surface area contributed by atoms with E-state index < -0.39 is 11.1 Å². The molecule has 0 bridgehead atoms. The van der Waals surface area contributed by atoms with Crippen LogP contribution < -0.4 is 134 Å². The van der Waals surface area contributed by atoms with E-state index >= 15 is 0 Å². The van der Waals surface area contributed by atoms with E-state index in [1.165, 1.54) is 44.6 Å². The molecule has 36 heteroatoms. The molecule has 0 radical (unpaired) electrons. The molecule has 11 aromatic rings. The number of anilines is 11. The first-order valence-electron chi connectivity index (χ1n) is 50.6. The molecule has 4 spiro atoms. The van der Waals surface area contributed by atoms with E-state index in [2.05, 4.69) is 102 Å². The number of hydrogen-bond donors (Lipinski definition) is 9. The van der Waals surface area contributed by atoms with Crippen LogP contribution in [0.1, 0.15) is 279 Å². The number of amides is 6. The Morgan fingerprint density at radius 2 is 0.642 bits per heavy atom. The van der Waals surface area contributed by atoms with Crippen molar-refractivity contribution in [2.45, 2.75) is 251 Å². The van der Waals surface area contributed by atoms with Crippen LogP contribution in [0.15, 0.2) is 127 Å². The van der Waals surface area contributed by atoms with Crippen molar-refractivity contribution in [2.24, 2.45) is 11.8 Å². The van der Waals surface area contributed by atoms with Crippen LogP contribution in [0.5, 0.6) is 40.2 Å². The van der Waals surface area contributed by atoms with Gasteiger partial charge in [-0.05, 0) is 248 Å². The summed E-state index contributed by atoms with van der Waals surface area (Å²) >= 11 is 3.66. The maximum Gasteiger partial charge on any atom is 1.00 e. The minimum atomic E-state index is -0.456. The van der Waals surface area contributed by atoms with Crippen LogP contribution in [0.2, 0.25) is 0 Å². The van der Waals surface area contributed by atoms with Gasteiger partial charge in [-0.25, -0.2) is 39.9 Å². The number of ether oxygens (including phenoxy) is 7. The Kier molecular flexibility index (Phi) is 34.4. The number of carbonyl (C=O) groups is 6. The van der Waals surface area contributed by atoms with Gasteiger partial charge in [0.2, 0.25) is 11.8 Å². The molecule has 6 amide bonds. The number of nitrogen functional groups attached to an aromatic ring is 3. The Bertz CT molecular complexity index is 6800. The summed E-state index contributed by atoms with van der Waals surface area (Å²) in [5.41, 5.74) is 35.4. The Balaban J connectivity index is 0.000000142. The van der Waals surface area contributed by atoms with Gasteiger partial charge in [-0.3, -0.25) is 28.8 Å². The molecule has 21 rings (SSSR count). The quantitative estimate of drug-likeness (QED) is 0.0269. The van der Waals surface area contributed by atoms with Crippen molar-refractivity contribution in [2.75, 3.05) is 93.6 Å². The van der Waals surface area contributed by atoms with Crippen molar-refractivity contribution >= 4 is 115 Å². The van der Waals surface area contributed by atoms with Gasteiger partial charge in [-0.2, -0.15) is 0 Å². The monoisotopic (exact) mass is 2100 g/mol. The van der Waals surface area contributed by atoms with Crippen molar-refractivity contribution in [3.8, 4) is 40.2 Å². The molecule has 0 unspecified atom stereocenters. The predicted octanol–water partition coefficient (Wildman–Crippen LogP) is 17.7. The fourth-order valence-electron chi connectivity index (χ4n) is 22.8. The van der Waals surface area contributed by atoms with E-state index in [1.54, 1.807) is 56.7 Å². The van der Waals surface area contributed by atoms with Crippen LogP contribution in [-0.4, -0.2) is 145 Å². The Morgan fingerprint density at radius 3 is 0.966 bits per heavy atom. The third kappa shape index (κ3) is 21.6. The molecular formula is C112H134BrKN20O14. The number of rotatable bonds is 23. The molecule has 34 nitrogen and oxygen atoms in total. The standard InChI is InChI=1S/C32H37N5O4.C28H33N5O3.C23H26BrNO3.C20H25N5O2.C9H12N4O.K.H2O/c1-19-16-24(35-28-20(2)29(34-18-33-28)36-30(38)22-10-11-22)27(41-4)26-25(19)31(39)37(32(26)14-6-5-7-15-32)17-21-8-12-23(40-3)13-9-21;1-17-14-21(32-26-18(2)25(29)30-16-31-26)24(36-4)23-22(17)27(34)33(28(23)12-6-5-7-13-28)15-19-8-10-20(35-3)11-9-19;1-15-13-18(24)21(28-3)20-19(15)22(26)25(23(20)11-5-4-6-12-23)14-16-7-9-17(27-2)10-8-16;1-11-9-13(24-18-12(2)17(21)22-10-23-18)16(27-3)15-14(11)19(26)25-20(15)7-5-4-6-8-20;1-5-7(10)11-4-12-8(5)13-9(14)6-2-3-6;;/h8-9,12-13,16,18,22H,5-7,10-11,14-15,17H2,1-4H3,(H2,33,34,35,36,38);8-11,14,16H,5-7,12-13,15H2,1-4H3,(H3,29,30,31,32);7-10,13H,4-6,11-12,14H2,1-3H3;9-10H,4-8H2,1-3H3,(H,25,26)(H3,21,22,23,24);4,6H,2-3H2,1H3,(H3,10,11,12,13,14);;1H2/q;;;;;+1;/p-1. The van der Waals surface area contributed by atoms with Crippen molar-refractivity contribution in [1.29, 1.82) is 0 Å². The van der Waals surface area contributed by atoms with Crippen molar-refractivity contribution in [3.63, 3.8) is 0 Å². The maximum atomic E-state index is 14.2. The van der Waals surface area contributed by atoms with Gasteiger partial charge < -0.3 is 102 Å². The van der Waals surface area contributed by atoms with Gasteiger partial charge in [-0.15, -0.1) is 0 Å². The predicted molar refractivity (Wildman–Crippen MR) is 569 cm³/mol. The fraction of sp³-hybridized carbons (Fsp3) is 0.429. The smallest absolute Gasteiger partial charge is 0.870 e. The summed E-state index contributed by atoms with van der Waals surface area (Å²) in [6.45, 7) is 17.0. The average Bonchev–Trinajstić information content (AvgIpc) is 1.55. The number of fused-ring (bicyclic) bond motifs is 8. The minimum absolute atomic E-state index is 0. The number of hydrogen-bond acceptors (Lipinski definition) is 28. The molecule has 4 aromatic heterocycles. The number of nitrogens with one attached hydrogen (secondary N) is 6. The number of nitrogens with zero attached hydrogens (tertiary/aromatic N) is 11. The number of halogens is 1. The molecule has 6 fully saturated rings. The molecule has 0 saturated heterocycles. The van der Waals surface area contributed by atoms with E-state index in [4.69, 9.17) is 50.4 Å². The summed E-state index contributed by atoms with van der Waals surface area (Å²) in [4.78, 5) is 118. The second kappa shape index (κ2) is 46.5.